The van der Waals surface area contributed by atoms with Gasteiger partial charge in [0.1, 0.15) is 11.1 Å². The van der Waals surface area contributed by atoms with Crippen LogP contribution in [0.2, 0.25) is 0 Å². The largest absolute Gasteiger partial charge is 0.478 e. The molecule has 1 aromatic heterocycles. The van der Waals surface area contributed by atoms with Crippen molar-refractivity contribution in [2.24, 2.45) is 0 Å². The van der Waals surface area contributed by atoms with Crippen LogP contribution in [0.1, 0.15) is 43.7 Å². The molecule has 0 radical (unpaired) electrons. The van der Waals surface area contributed by atoms with E-state index < -0.39 is 11.6 Å². The Kier molecular flexibility index (Phi) is 5.40. The molecule has 0 atom stereocenters. The van der Waals surface area contributed by atoms with Crippen LogP contribution in [-0.4, -0.2) is 64.0 Å². The van der Waals surface area contributed by atoms with Crippen LogP contribution >= 0.6 is 0 Å². The van der Waals surface area contributed by atoms with Crippen molar-refractivity contribution >= 4 is 28.7 Å². The molecule has 0 aliphatic carbocycles. The lowest BCUT2D eigenvalue weighted by Gasteiger charge is -2.37. The number of carbonyl (C=O) groups is 2. The highest BCUT2D eigenvalue weighted by Gasteiger charge is 2.27. The summed E-state index contributed by atoms with van der Waals surface area (Å²) in [4.78, 5) is 27.7. The first-order valence-electron chi connectivity index (χ1n) is 9.45. The standard InChI is InChI=1S/C20H26N4O4/c1-5-13-12-15-16(7-6-14(18(25)26)17(15)22-21-13)23-8-10-24(11-9-23)19(27)28-20(2,3)4/h6-7,12H,5,8-11H2,1-4H3,(H,25,26). The molecule has 0 unspecified atom stereocenters. The highest BCUT2D eigenvalue weighted by Crippen LogP contribution is 2.30. The third kappa shape index (κ3) is 4.16. The van der Waals surface area contributed by atoms with E-state index in [2.05, 4.69) is 15.1 Å². The summed E-state index contributed by atoms with van der Waals surface area (Å²) in [5, 5.41) is 18.5. The third-order valence-electron chi connectivity index (χ3n) is 4.65. The van der Waals surface area contributed by atoms with Crippen LogP contribution < -0.4 is 4.90 Å². The van der Waals surface area contributed by atoms with Gasteiger partial charge in [-0.1, -0.05) is 6.92 Å². The fourth-order valence-electron chi connectivity index (χ4n) is 3.23. The van der Waals surface area contributed by atoms with Crippen molar-refractivity contribution in [1.82, 2.24) is 15.1 Å². The first kappa shape index (κ1) is 19.9. The van der Waals surface area contributed by atoms with E-state index in [1.165, 1.54) is 0 Å². The van der Waals surface area contributed by atoms with Crippen molar-refractivity contribution in [3.63, 3.8) is 0 Å². The number of ether oxygens (including phenoxy) is 1. The lowest BCUT2D eigenvalue weighted by molar-refractivity contribution is 0.0240. The average Bonchev–Trinajstić information content (AvgIpc) is 2.65. The summed E-state index contributed by atoms with van der Waals surface area (Å²) in [6.45, 7) is 9.87. The molecule has 28 heavy (non-hydrogen) atoms. The first-order valence-corrected chi connectivity index (χ1v) is 9.45. The number of benzene rings is 1. The van der Waals surface area contributed by atoms with Gasteiger partial charge in [-0.05, 0) is 45.4 Å². The number of anilines is 1. The van der Waals surface area contributed by atoms with Gasteiger partial charge < -0.3 is 19.6 Å². The van der Waals surface area contributed by atoms with E-state index in [0.717, 1.165) is 16.8 Å². The van der Waals surface area contributed by atoms with Crippen molar-refractivity contribution in [2.45, 2.75) is 39.7 Å². The van der Waals surface area contributed by atoms with Gasteiger partial charge in [-0.25, -0.2) is 9.59 Å². The fraction of sp³-hybridized carbons (Fsp3) is 0.500. The number of aromatic carboxylic acids is 1. The van der Waals surface area contributed by atoms with E-state index in [1.54, 1.807) is 11.0 Å². The summed E-state index contributed by atoms with van der Waals surface area (Å²) in [5.41, 5.74) is 1.72. The Labute approximate surface area is 164 Å². The summed E-state index contributed by atoms with van der Waals surface area (Å²) in [5.74, 6) is -1.02. The maximum absolute atomic E-state index is 12.3. The van der Waals surface area contributed by atoms with E-state index >= 15 is 0 Å². The van der Waals surface area contributed by atoms with Crippen molar-refractivity contribution < 1.29 is 19.4 Å². The van der Waals surface area contributed by atoms with Gasteiger partial charge in [0.15, 0.2) is 0 Å². The van der Waals surface area contributed by atoms with Gasteiger partial charge in [0, 0.05) is 37.3 Å². The number of amides is 1. The Hall–Kier alpha value is -2.90. The van der Waals surface area contributed by atoms with Gasteiger partial charge in [0.25, 0.3) is 0 Å². The molecule has 1 aliphatic heterocycles. The van der Waals surface area contributed by atoms with Crippen LogP contribution in [0.25, 0.3) is 10.9 Å². The molecule has 1 saturated heterocycles. The number of carboxylic acids is 1. The normalized spacial score (nSPS) is 15.0. The molecule has 2 aromatic rings. The third-order valence-corrected chi connectivity index (χ3v) is 4.65. The van der Waals surface area contributed by atoms with Gasteiger partial charge >= 0.3 is 12.1 Å². The Balaban J connectivity index is 1.86. The van der Waals surface area contributed by atoms with Gasteiger partial charge in [-0.3, -0.25) is 0 Å². The molecule has 1 fully saturated rings. The molecule has 1 amide bonds. The topological polar surface area (TPSA) is 95.9 Å². The number of aryl methyl sites for hydroxylation is 1. The predicted octanol–water partition coefficient (Wildman–Crippen LogP) is 2.95. The number of aromatic nitrogens is 2. The van der Waals surface area contributed by atoms with Gasteiger partial charge in [0.05, 0.1) is 11.3 Å². The molecular formula is C20H26N4O4. The summed E-state index contributed by atoms with van der Waals surface area (Å²) < 4.78 is 5.45. The van der Waals surface area contributed by atoms with Crippen LogP contribution in [0.5, 0.6) is 0 Å². The zero-order chi connectivity index (χ0) is 20.5. The van der Waals surface area contributed by atoms with E-state index in [9.17, 15) is 14.7 Å². The van der Waals surface area contributed by atoms with Crippen LogP contribution in [0, 0.1) is 0 Å². The number of hydrogen-bond acceptors (Lipinski definition) is 6. The zero-order valence-corrected chi connectivity index (χ0v) is 16.7. The lowest BCUT2D eigenvalue weighted by atomic mass is 10.1. The molecule has 3 rings (SSSR count). The van der Waals surface area contributed by atoms with Crippen LogP contribution in [0.3, 0.4) is 0 Å². The predicted molar refractivity (Wildman–Crippen MR) is 106 cm³/mol. The molecule has 1 aliphatic rings. The molecule has 8 nitrogen and oxygen atoms in total. The number of carboxylic acid groups (broad SMARTS) is 1. The molecule has 1 aromatic carbocycles. The number of nitrogens with zero attached hydrogens (tertiary/aromatic N) is 4. The highest BCUT2D eigenvalue weighted by atomic mass is 16.6. The van der Waals surface area contributed by atoms with E-state index in [4.69, 9.17) is 4.74 Å². The van der Waals surface area contributed by atoms with Crippen molar-refractivity contribution in [3.8, 4) is 0 Å². The minimum Gasteiger partial charge on any atom is -0.478 e. The summed E-state index contributed by atoms with van der Waals surface area (Å²) in [7, 11) is 0. The molecular weight excluding hydrogens is 360 g/mol. The maximum atomic E-state index is 12.3. The van der Waals surface area contributed by atoms with Gasteiger partial charge in [0.2, 0.25) is 0 Å². The van der Waals surface area contributed by atoms with Crippen molar-refractivity contribution in [1.29, 1.82) is 0 Å². The first-order chi connectivity index (χ1) is 13.2. The van der Waals surface area contributed by atoms with Crippen molar-refractivity contribution in [2.75, 3.05) is 31.1 Å². The van der Waals surface area contributed by atoms with E-state index in [-0.39, 0.29) is 11.7 Å². The maximum Gasteiger partial charge on any atom is 0.410 e. The minimum atomic E-state index is -1.02. The SMILES string of the molecule is CCc1cc2c(N3CCN(C(=O)OC(C)(C)C)CC3)ccc(C(=O)O)c2nn1. The second kappa shape index (κ2) is 7.61. The lowest BCUT2D eigenvalue weighted by Crippen LogP contribution is -2.50. The minimum absolute atomic E-state index is 0.140. The monoisotopic (exact) mass is 386 g/mol. The van der Waals surface area contributed by atoms with E-state index in [1.807, 2.05) is 39.8 Å². The molecule has 8 heteroatoms. The quantitative estimate of drug-likeness (QED) is 0.866. The second-order valence-corrected chi connectivity index (χ2v) is 7.84. The molecule has 2 heterocycles. The number of hydrogen-bond donors (Lipinski definition) is 1. The zero-order valence-electron chi connectivity index (χ0n) is 16.7. The summed E-state index contributed by atoms with van der Waals surface area (Å²) >= 11 is 0. The number of piperazine rings is 1. The molecule has 0 spiro atoms. The van der Waals surface area contributed by atoms with Crippen molar-refractivity contribution in [3.05, 3.63) is 29.5 Å². The van der Waals surface area contributed by atoms with Crippen LogP contribution in [0.15, 0.2) is 18.2 Å². The Morgan fingerprint density at radius 2 is 1.82 bits per heavy atom. The fourth-order valence-corrected chi connectivity index (χ4v) is 3.23. The van der Waals surface area contributed by atoms with Gasteiger partial charge in [-0.15, -0.1) is 5.10 Å². The molecule has 1 N–H and O–H groups in total. The highest BCUT2D eigenvalue weighted by molar-refractivity contribution is 6.06. The number of fused-ring (bicyclic) bond motifs is 1. The summed E-state index contributed by atoms with van der Waals surface area (Å²) in [6, 6.07) is 5.29. The van der Waals surface area contributed by atoms with Crippen LogP contribution in [-0.2, 0) is 11.2 Å². The molecule has 150 valence electrons. The Morgan fingerprint density at radius 1 is 1.14 bits per heavy atom. The second-order valence-electron chi connectivity index (χ2n) is 7.84. The Morgan fingerprint density at radius 3 is 2.39 bits per heavy atom. The smallest absolute Gasteiger partial charge is 0.410 e. The summed E-state index contributed by atoms with van der Waals surface area (Å²) in [6.07, 6.45) is 0.406. The Bertz CT molecular complexity index is 899. The molecule has 0 bridgehead atoms. The average molecular weight is 386 g/mol. The van der Waals surface area contributed by atoms with Crippen LogP contribution in [0.4, 0.5) is 10.5 Å². The number of carbonyl (C=O) groups excluding carboxylic acids is 1. The van der Waals surface area contributed by atoms with E-state index in [0.29, 0.717) is 38.1 Å². The van der Waals surface area contributed by atoms with Gasteiger partial charge in [-0.2, -0.15) is 5.10 Å². The molecule has 0 saturated carbocycles. The number of rotatable bonds is 3.